The number of anilines is 1. The fraction of sp³-hybridized carbons (Fsp3) is 0.381. The average Bonchev–Trinajstić information content (AvgIpc) is 3.20. The first-order valence-corrected chi connectivity index (χ1v) is 9.44. The quantitative estimate of drug-likeness (QED) is 0.683. The van der Waals surface area contributed by atoms with E-state index in [4.69, 9.17) is 0 Å². The molecular formula is C21H26N4O3. The SMILES string of the molecule is Cc1c(NC=O)c(C)n(CC(=O)NC2CCN(Cc3ccccc3)C2)c1C=O. The monoisotopic (exact) mass is 382 g/mol. The van der Waals surface area contributed by atoms with Crippen LogP contribution < -0.4 is 10.6 Å². The van der Waals surface area contributed by atoms with Crippen molar-refractivity contribution >= 4 is 24.3 Å². The summed E-state index contributed by atoms with van der Waals surface area (Å²) in [5.41, 5.74) is 3.62. The van der Waals surface area contributed by atoms with Crippen LogP contribution in [0.15, 0.2) is 30.3 Å². The van der Waals surface area contributed by atoms with Crippen LogP contribution in [0, 0.1) is 13.8 Å². The minimum absolute atomic E-state index is 0.0521. The number of hydrogen-bond donors (Lipinski definition) is 2. The number of benzene rings is 1. The highest BCUT2D eigenvalue weighted by Gasteiger charge is 2.25. The maximum Gasteiger partial charge on any atom is 0.240 e. The first kappa shape index (κ1) is 19.8. The van der Waals surface area contributed by atoms with Crippen molar-refractivity contribution in [1.82, 2.24) is 14.8 Å². The number of likely N-dealkylation sites (tertiary alicyclic amines) is 1. The number of hydrogen-bond acceptors (Lipinski definition) is 4. The summed E-state index contributed by atoms with van der Waals surface area (Å²) in [6.45, 7) is 6.22. The smallest absolute Gasteiger partial charge is 0.240 e. The molecule has 2 amide bonds. The molecule has 3 rings (SSSR count). The van der Waals surface area contributed by atoms with Crippen LogP contribution in [-0.2, 0) is 22.7 Å². The van der Waals surface area contributed by atoms with Crippen molar-refractivity contribution in [3.05, 3.63) is 52.8 Å². The summed E-state index contributed by atoms with van der Waals surface area (Å²) in [6.07, 6.45) is 2.21. The molecule has 0 aliphatic carbocycles. The minimum Gasteiger partial charge on any atom is -0.350 e. The number of aldehydes is 1. The van der Waals surface area contributed by atoms with E-state index in [0.717, 1.165) is 32.3 Å². The van der Waals surface area contributed by atoms with Crippen molar-refractivity contribution in [2.24, 2.45) is 0 Å². The summed E-state index contributed by atoms with van der Waals surface area (Å²) < 4.78 is 1.65. The van der Waals surface area contributed by atoms with Gasteiger partial charge in [-0.05, 0) is 25.8 Å². The van der Waals surface area contributed by atoms with E-state index in [9.17, 15) is 14.4 Å². The molecule has 7 nitrogen and oxygen atoms in total. The number of nitrogens with one attached hydrogen (secondary N) is 2. The lowest BCUT2D eigenvalue weighted by atomic mass is 10.2. The van der Waals surface area contributed by atoms with E-state index < -0.39 is 0 Å². The molecule has 7 heteroatoms. The molecule has 2 N–H and O–H groups in total. The largest absolute Gasteiger partial charge is 0.350 e. The van der Waals surface area contributed by atoms with Crippen LogP contribution in [0.4, 0.5) is 5.69 Å². The third-order valence-electron chi connectivity index (χ3n) is 5.32. The fourth-order valence-electron chi connectivity index (χ4n) is 3.90. The van der Waals surface area contributed by atoms with Gasteiger partial charge in [0, 0.05) is 36.9 Å². The third kappa shape index (κ3) is 4.31. The third-order valence-corrected chi connectivity index (χ3v) is 5.32. The molecule has 1 aromatic carbocycles. The Balaban J connectivity index is 1.60. The van der Waals surface area contributed by atoms with E-state index in [1.54, 1.807) is 18.4 Å². The van der Waals surface area contributed by atoms with Gasteiger partial charge in [0.2, 0.25) is 12.3 Å². The van der Waals surface area contributed by atoms with Crippen molar-refractivity contribution in [1.29, 1.82) is 0 Å². The first-order valence-electron chi connectivity index (χ1n) is 9.44. The molecule has 28 heavy (non-hydrogen) atoms. The molecule has 0 bridgehead atoms. The number of aromatic nitrogens is 1. The molecule has 148 valence electrons. The van der Waals surface area contributed by atoms with E-state index in [-0.39, 0.29) is 18.5 Å². The van der Waals surface area contributed by atoms with Crippen molar-refractivity contribution in [3.63, 3.8) is 0 Å². The molecule has 2 aromatic rings. The van der Waals surface area contributed by atoms with E-state index in [1.807, 2.05) is 18.2 Å². The Hall–Kier alpha value is -2.93. The summed E-state index contributed by atoms with van der Waals surface area (Å²) in [7, 11) is 0. The zero-order chi connectivity index (χ0) is 20.1. The molecule has 1 unspecified atom stereocenters. The van der Waals surface area contributed by atoms with Crippen molar-refractivity contribution in [2.45, 2.75) is 39.4 Å². The Kier molecular flexibility index (Phi) is 6.26. The zero-order valence-corrected chi connectivity index (χ0v) is 16.3. The summed E-state index contributed by atoms with van der Waals surface area (Å²) in [5.74, 6) is -0.134. The Labute approximate surface area is 164 Å². The van der Waals surface area contributed by atoms with Crippen molar-refractivity contribution in [2.75, 3.05) is 18.4 Å². The standard InChI is InChI=1S/C21H26N4O3/c1-15-19(13-26)25(16(2)21(15)22-14-27)12-20(28)23-18-8-9-24(11-18)10-17-6-4-3-5-7-17/h3-7,13-14,18H,8-12H2,1-2H3,(H,22,27)(H,23,28). The van der Waals surface area contributed by atoms with Crippen LogP contribution in [0.25, 0.3) is 0 Å². The predicted octanol–water partition coefficient (Wildman–Crippen LogP) is 1.88. The summed E-state index contributed by atoms with van der Waals surface area (Å²) >= 11 is 0. The Morgan fingerprint density at radius 1 is 1.21 bits per heavy atom. The van der Waals surface area contributed by atoms with Gasteiger partial charge in [0.15, 0.2) is 6.29 Å². The molecule has 2 heterocycles. The fourth-order valence-corrected chi connectivity index (χ4v) is 3.90. The van der Waals surface area contributed by atoms with Crippen LogP contribution >= 0.6 is 0 Å². The van der Waals surface area contributed by atoms with Crippen molar-refractivity contribution < 1.29 is 14.4 Å². The van der Waals surface area contributed by atoms with Gasteiger partial charge in [0.25, 0.3) is 0 Å². The number of rotatable bonds is 8. The van der Waals surface area contributed by atoms with E-state index in [2.05, 4.69) is 27.7 Å². The molecule has 1 aliphatic rings. The second kappa shape index (κ2) is 8.84. The molecule has 1 aromatic heterocycles. The summed E-state index contributed by atoms with van der Waals surface area (Å²) in [6, 6.07) is 10.4. The molecular weight excluding hydrogens is 356 g/mol. The number of amides is 2. The number of nitrogens with zero attached hydrogens (tertiary/aromatic N) is 2. The number of carbonyl (C=O) groups excluding carboxylic acids is 3. The minimum atomic E-state index is -0.134. The van der Waals surface area contributed by atoms with Gasteiger partial charge in [-0.3, -0.25) is 19.3 Å². The maximum absolute atomic E-state index is 12.6. The number of carbonyl (C=O) groups is 3. The van der Waals surface area contributed by atoms with Crippen LogP contribution in [0.1, 0.15) is 33.7 Å². The van der Waals surface area contributed by atoms with Crippen LogP contribution in [0.3, 0.4) is 0 Å². The van der Waals surface area contributed by atoms with Crippen LogP contribution in [0.2, 0.25) is 0 Å². The van der Waals surface area contributed by atoms with Gasteiger partial charge in [-0.15, -0.1) is 0 Å². The summed E-state index contributed by atoms with van der Waals surface area (Å²) in [5, 5.41) is 5.69. The second-order valence-corrected chi connectivity index (χ2v) is 7.21. The molecule has 1 fully saturated rings. The molecule has 1 atom stereocenters. The highest BCUT2D eigenvalue weighted by molar-refractivity contribution is 5.86. The first-order chi connectivity index (χ1) is 13.5. The molecule has 0 radical (unpaired) electrons. The van der Waals surface area contributed by atoms with Gasteiger partial charge in [-0.1, -0.05) is 30.3 Å². The molecule has 1 aliphatic heterocycles. The van der Waals surface area contributed by atoms with Gasteiger partial charge in [0.05, 0.1) is 11.4 Å². The van der Waals surface area contributed by atoms with Crippen LogP contribution in [0.5, 0.6) is 0 Å². The Bertz CT molecular complexity index is 860. The van der Waals surface area contributed by atoms with E-state index >= 15 is 0 Å². The summed E-state index contributed by atoms with van der Waals surface area (Å²) in [4.78, 5) is 37.2. The average molecular weight is 382 g/mol. The lowest BCUT2D eigenvalue weighted by molar-refractivity contribution is -0.122. The van der Waals surface area contributed by atoms with Gasteiger partial charge in [0.1, 0.15) is 6.54 Å². The highest BCUT2D eigenvalue weighted by Crippen LogP contribution is 2.26. The molecule has 0 spiro atoms. The highest BCUT2D eigenvalue weighted by atomic mass is 16.2. The topological polar surface area (TPSA) is 83.4 Å². The zero-order valence-electron chi connectivity index (χ0n) is 16.3. The van der Waals surface area contributed by atoms with Gasteiger partial charge in [-0.2, -0.15) is 0 Å². The van der Waals surface area contributed by atoms with E-state index in [1.165, 1.54) is 5.56 Å². The Morgan fingerprint density at radius 3 is 2.64 bits per heavy atom. The van der Waals surface area contributed by atoms with E-state index in [0.29, 0.717) is 29.0 Å². The lowest BCUT2D eigenvalue weighted by Gasteiger charge is -2.17. The predicted molar refractivity (Wildman–Crippen MR) is 107 cm³/mol. The lowest BCUT2D eigenvalue weighted by Crippen LogP contribution is -2.39. The van der Waals surface area contributed by atoms with Crippen molar-refractivity contribution in [3.8, 4) is 0 Å². The van der Waals surface area contributed by atoms with Gasteiger partial charge < -0.3 is 15.2 Å². The molecule has 0 saturated carbocycles. The van der Waals surface area contributed by atoms with Gasteiger partial charge in [-0.25, -0.2) is 0 Å². The molecule has 1 saturated heterocycles. The van der Waals surface area contributed by atoms with Gasteiger partial charge >= 0.3 is 0 Å². The van der Waals surface area contributed by atoms with Crippen LogP contribution in [-0.4, -0.2) is 47.2 Å². The normalized spacial score (nSPS) is 16.7. The second-order valence-electron chi connectivity index (χ2n) is 7.21. The Morgan fingerprint density at radius 2 is 1.96 bits per heavy atom. The maximum atomic E-state index is 12.6.